The Kier molecular flexibility index (Phi) is 14.4. The number of likely N-dealkylation sites (N-methyl/N-ethyl adjacent to an activating group) is 1. The summed E-state index contributed by atoms with van der Waals surface area (Å²) in [5.41, 5.74) is -0.930. The number of rotatable bonds is 10. The van der Waals surface area contributed by atoms with Crippen molar-refractivity contribution < 1.29 is 48.3 Å². The number of hydrogen-bond donors (Lipinski definition) is 2. The van der Waals surface area contributed by atoms with Crippen molar-refractivity contribution in [1.29, 1.82) is 0 Å². The van der Waals surface area contributed by atoms with Crippen LogP contribution in [-0.2, 0) is 35.0 Å². The van der Waals surface area contributed by atoms with E-state index < -0.39 is 71.5 Å². The second-order valence-electron chi connectivity index (χ2n) is 18.8. The monoisotopic (exact) mass is 854 g/mol. The fourth-order valence-electron chi connectivity index (χ4n) is 11.2. The summed E-state index contributed by atoms with van der Waals surface area (Å²) in [6.07, 6.45) is -0.641. The Morgan fingerprint density at radius 3 is 2.43 bits per heavy atom. The molecular weight excluding hydrogens is 783 g/mol. The van der Waals surface area contributed by atoms with Crippen molar-refractivity contribution in [1.82, 2.24) is 24.8 Å². The van der Waals surface area contributed by atoms with Crippen LogP contribution in [0.1, 0.15) is 93.6 Å². The summed E-state index contributed by atoms with van der Waals surface area (Å²) < 4.78 is 30.9. The molecule has 61 heavy (non-hydrogen) atoms. The third-order valence-corrected chi connectivity index (χ3v) is 14.2. The van der Waals surface area contributed by atoms with Gasteiger partial charge in [-0.1, -0.05) is 34.6 Å². The number of pyridine rings is 1. The molecule has 4 fully saturated rings. The highest BCUT2D eigenvalue weighted by Gasteiger charge is 2.63. The van der Waals surface area contributed by atoms with Crippen LogP contribution in [0.5, 0.6) is 5.75 Å². The van der Waals surface area contributed by atoms with Gasteiger partial charge in [-0.3, -0.25) is 19.5 Å². The Labute approximate surface area is 361 Å². The number of aliphatic hydroxyl groups is 2. The van der Waals surface area contributed by atoms with Gasteiger partial charge in [-0.05, 0) is 116 Å². The van der Waals surface area contributed by atoms with Gasteiger partial charge in [0.15, 0.2) is 17.7 Å². The fraction of sp³-hybridized carbons (Fsp3) is 0.739. The van der Waals surface area contributed by atoms with Crippen LogP contribution in [0.15, 0.2) is 30.5 Å². The van der Waals surface area contributed by atoms with E-state index in [1.165, 1.54) is 6.92 Å². The van der Waals surface area contributed by atoms with Crippen LogP contribution in [0.4, 0.5) is 4.79 Å². The lowest BCUT2D eigenvalue weighted by molar-refractivity contribution is -0.293. The molecule has 5 heterocycles. The molecule has 4 aliphatic rings. The molecule has 1 unspecified atom stereocenters. The number of ether oxygens (including phenoxy) is 5. The standard InChI is InChI=1S/C46H71N5O10/c1-13-36-46(9)40-28(5)37(49(14-2)25-50(51(40)44(55)61-46)21-15-16-31-19-20-47-34-23-32(57-12)17-18-33(31)34)26(3)24-45(8,56)41(29(6)38(52)30(7)42(54)59-36)60-43-39(53)35(48(10)11)22-27(4)58-43/h17-20,23,26-30,35-37,39-41,43,53,56H,13-16,21-22,24-25H2,1-12H3/t26-,27-,28-,29+,30-,35+,36+,37?,39-,40-,41-,43+,45+,46-/m1/s1. The molecule has 2 aromatic rings. The lowest BCUT2D eigenvalue weighted by Crippen LogP contribution is -2.61. The van der Waals surface area contributed by atoms with Gasteiger partial charge in [-0.2, -0.15) is 0 Å². The first-order valence-electron chi connectivity index (χ1n) is 22.3. The van der Waals surface area contributed by atoms with Crippen LogP contribution in [0.3, 0.4) is 0 Å². The quantitative estimate of drug-likeness (QED) is 0.242. The number of esters is 1. The summed E-state index contributed by atoms with van der Waals surface area (Å²) in [4.78, 5) is 51.7. The molecule has 0 spiro atoms. The van der Waals surface area contributed by atoms with E-state index >= 15 is 0 Å². The Hall–Kier alpha value is -3.44. The van der Waals surface area contributed by atoms with Crippen LogP contribution in [0, 0.1) is 23.7 Å². The smallest absolute Gasteiger partial charge is 0.425 e. The van der Waals surface area contributed by atoms with Gasteiger partial charge in [0.25, 0.3) is 0 Å². The van der Waals surface area contributed by atoms with Crippen molar-refractivity contribution in [3.8, 4) is 5.75 Å². The maximum atomic E-state index is 14.4. The van der Waals surface area contributed by atoms with Crippen molar-refractivity contribution in [2.75, 3.05) is 41.0 Å². The molecule has 0 saturated carbocycles. The number of aromatic nitrogens is 1. The van der Waals surface area contributed by atoms with Crippen LogP contribution in [0.25, 0.3) is 10.9 Å². The number of cyclic esters (lactones) is 1. The molecule has 2 N–H and O–H groups in total. The Balaban J connectivity index is 1.38. The number of aryl methyl sites for hydroxylation is 1. The summed E-state index contributed by atoms with van der Waals surface area (Å²) in [6, 6.07) is 6.86. The van der Waals surface area contributed by atoms with Crippen molar-refractivity contribution in [2.45, 2.75) is 154 Å². The Morgan fingerprint density at radius 1 is 1.05 bits per heavy atom. The maximum absolute atomic E-state index is 14.4. The minimum Gasteiger partial charge on any atom is -0.497 e. The minimum atomic E-state index is -1.64. The lowest BCUT2D eigenvalue weighted by Gasteiger charge is -2.48. The Morgan fingerprint density at radius 2 is 1.77 bits per heavy atom. The molecule has 0 aliphatic carbocycles. The van der Waals surface area contributed by atoms with Crippen LogP contribution in [0.2, 0.25) is 0 Å². The van der Waals surface area contributed by atoms with Gasteiger partial charge >= 0.3 is 12.1 Å². The first kappa shape index (κ1) is 47.0. The zero-order chi connectivity index (χ0) is 44.7. The molecule has 340 valence electrons. The first-order chi connectivity index (χ1) is 28.8. The molecule has 6 rings (SSSR count). The van der Waals surface area contributed by atoms with Crippen molar-refractivity contribution in [3.05, 3.63) is 36.0 Å². The topological polar surface area (TPSA) is 164 Å². The van der Waals surface area contributed by atoms with E-state index in [0.29, 0.717) is 39.0 Å². The van der Waals surface area contributed by atoms with Gasteiger partial charge in [-0.25, -0.2) is 14.8 Å². The number of hydrogen-bond acceptors (Lipinski definition) is 14. The second-order valence-corrected chi connectivity index (χ2v) is 18.8. The van der Waals surface area contributed by atoms with Crippen molar-refractivity contribution in [2.24, 2.45) is 23.7 Å². The number of Topliss-reactive ketones (excluding diaryl/α,β-unsaturated/α-hetero) is 1. The van der Waals surface area contributed by atoms with Gasteiger partial charge in [0.1, 0.15) is 23.9 Å². The second kappa shape index (κ2) is 18.7. The molecule has 14 atom stereocenters. The zero-order valence-electron chi connectivity index (χ0n) is 38.4. The van der Waals surface area contributed by atoms with Gasteiger partial charge < -0.3 is 38.8 Å². The third-order valence-electron chi connectivity index (χ3n) is 14.2. The van der Waals surface area contributed by atoms with E-state index in [1.807, 2.05) is 70.2 Å². The number of ketones is 1. The van der Waals surface area contributed by atoms with Gasteiger partial charge in [0.05, 0.1) is 43.1 Å². The SMILES string of the molecule is CC[C@@H]1OC(=O)[C@H](C)C(=O)[C@H](C)[C@@H](O[C@@H]2O[C@H](C)C[C@H](N(C)C)[C@H]2O)[C@@](C)(O)C[C@@H](C)C2[C@@H](C)[C@H]3N(C(=O)O[C@]13C)N(CCCc1ccnc3cc(OC)ccc13)CN2CC. The van der Waals surface area contributed by atoms with Crippen LogP contribution >= 0.6 is 0 Å². The molecule has 15 nitrogen and oxygen atoms in total. The normalized spacial score (nSPS) is 38.3. The van der Waals surface area contributed by atoms with Gasteiger partial charge in [0, 0.05) is 42.2 Å². The molecule has 0 radical (unpaired) electrons. The molecule has 1 amide bonds. The molecule has 15 heteroatoms. The van der Waals surface area contributed by atoms with Crippen LogP contribution in [-0.4, -0.2) is 154 Å². The summed E-state index contributed by atoms with van der Waals surface area (Å²) in [5, 5.41) is 29.1. The number of benzene rings is 1. The number of aliphatic hydroxyl groups excluding tert-OH is 1. The van der Waals surface area contributed by atoms with Gasteiger partial charge in [-0.15, -0.1) is 0 Å². The maximum Gasteiger partial charge on any atom is 0.425 e. The highest BCUT2D eigenvalue weighted by molar-refractivity contribution is 6.00. The highest BCUT2D eigenvalue weighted by atomic mass is 16.7. The van der Waals surface area contributed by atoms with Gasteiger partial charge in [0.2, 0.25) is 0 Å². The number of hydrazine groups is 1. The Bertz CT molecular complexity index is 1880. The molecule has 1 aromatic heterocycles. The summed E-state index contributed by atoms with van der Waals surface area (Å²) in [5.74, 6) is -3.16. The molecule has 4 aliphatic heterocycles. The predicted molar refractivity (Wildman–Crippen MR) is 229 cm³/mol. The number of nitrogens with zero attached hydrogens (tertiary/aromatic N) is 5. The minimum absolute atomic E-state index is 0.199. The third kappa shape index (κ3) is 9.16. The molecule has 4 saturated heterocycles. The van der Waals surface area contributed by atoms with Crippen LogP contribution < -0.4 is 4.74 Å². The van der Waals surface area contributed by atoms with Crippen molar-refractivity contribution in [3.63, 3.8) is 0 Å². The van der Waals surface area contributed by atoms with Crippen molar-refractivity contribution >= 4 is 28.7 Å². The summed E-state index contributed by atoms with van der Waals surface area (Å²) >= 11 is 0. The number of amides is 1. The summed E-state index contributed by atoms with van der Waals surface area (Å²) in [6.45, 7) is 18.4. The average Bonchev–Trinajstić information content (AvgIpc) is 3.41. The highest BCUT2D eigenvalue weighted by Crippen LogP contribution is 2.47. The zero-order valence-corrected chi connectivity index (χ0v) is 38.4. The predicted octanol–water partition coefficient (Wildman–Crippen LogP) is 5.04. The number of carbonyl (C=O) groups is 3. The van der Waals surface area contributed by atoms with E-state index in [-0.39, 0.29) is 36.4 Å². The van der Waals surface area contributed by atoms with E-state index in [1.54, 1.807) is 26.0 Å². The molecule has 2 bridgehead atoms. The molecule has 1 aromatic carbocycles. The van der Waals surface area contributed by atoms with E-state index in [9.17, 15) is 24.6 Å². The average molecular weight is 854 g/mol. The fourth-order valence-corrected chi connectivity index (χ4v) is 11.2. The van der Waals surface area contributed by atoms with E-state index in [0.717, 1.165) is 28.6 Å². The molecular formula is C46H71N5O10. The number of fused-ring (bicyclic) bond motifs is 2. The number of methoxy groups -OCH3 is 1. The summed E-state index contributed by atoms with van der Waals surface area (Å²) in [7, 11) is 5.41. The number of carbonyl (C=O) groups excluding carboxylic acids is 3. The largest absolute Gasteiger partial charge is 0.497 e. The van der Waals surface area contributed by atoms with E-state index in [2.05, 4.69) is 35.7 Å². The lowest BCUT2D eigenvalue weighted by atomic mass is 9.71. The first-order valence-corrected chi connectivity index (χ1v) is 22.3. The van der Waals surface area contributed by atoms with E-state index in [4.69, 9.17) is 23.7 Å².